The normalized spacial score (nSPS) is 22.9. The predicted molar refractivity (Wildman–Crippen MR) is 36.1 cm³/mol. The molecule has 5 heteroatoms. The van der Waals surface area contributed by atoms with Crippen LogP contribution in [0, 0.1) is 0 Å². The fourth-order valence-corrected chi connectivity index (χ4v) is 0.880. The van der Waals surface area contributed by atoms with Crippen molar-refractivity contribution in [3.8, 4) is 0 Å². The van der Waals surface area contributed by atoms with Gasteiger partial charge in [0.15, 0.2) is 6.23 Å². The molecule has 0 bridgehead atoms. The Balaban J connectivity index is 2.42. The Morgan fingerprint density at radius 3 is 2.82 bits per heavy atom. The van der Waals surface area contributed by atoms with Gasteiger partial charge in [0.25, 0.3) is 0 Å². The molecule has 0 saturated carbocycles. The highest BCUT2D eigenvalue weighted by molar-refractivity contribution is 5.85. The highest BCUT2D eigenvalue weighted by Gasteiger charge is 2.36. The zero-order valence-corrected chi connectivity index (χ0v) is 6.46. The second-order valence-corrected chi connectivity index (χ2v) is 2.33. The molecule has 1 fully saturated rings. The van der Waals surface area contributed by atoms with E-state index in [9.17, 15) is 9.59 Å². The molecule has 2 amide bonds. The number of ether oxygens (including phenoxy) is 1. The molecule has 62 valence electrons. The van der Waals surface area contributed by atoms with E-state index in [1.807, 2.05) is 0 Å². The summed E-state index contributed by atoms with van der Waals surface area (Å²) < 4.78 is 4.86. The molecule has 1 rings (SSSR count). The Kier molecular flexibility index (Phi) is 2.09. The first-order chi connectivity index (χ1) is 5.15. The van der Waals surface area contributed by atoms with Crippen molar-refractivity contribution >= 4 is 11.8 Å². The molecule has 0 aromatic heterocycles. The smallest absolute Gasteiger partial charge is 0.248 e. The minimum absolute atomic E-state index is 0.118. The number of rotatable bonds is 2. The Morgan fingerprint density at radius 1 is 1.82 bits per heavy atom. The molecular weight excluding hydrogens is 148 g/mol. The predicted octanol–water partition coefficient (Wildman–Crippen LogP) is -0.758. The van der Waals surface area contributed by atoms with E-state index < -0.39 is 0 Å². The van der Waals surface area contributed by atoms with E-state index >= 15 is 0 Å². The zero-order chi connectivity index (χ0) is 8.43. The van der Waals surface area contributed by atoms with E-state index in [0.29, 0.717) is 6.42 Å². The van der Waals surface area contributed by atoms with Gasteiger partial charge in [-0.3, -0.25) is 15.0 Å². The number of nitrogens with zero attached hydrogens (tertiary/aromatic N) is 1. The summed E-state index contributed by atoms with van der Waals surface area (Å²) in [5, 5.41) is 1.18. The van der Waals surface area contributed by atoms with Crippen LogP contribution in [0.4, 0.5) is 0 Å². The molecule has 1 aliphatic rings. The maximum absolute atomic E-state index is 10.8. The van der Waals surface area contributed by atoms with Gasteiger partial charge in [-0.25, -0.2) is 5.01 Å². The van der Waals surface area contributed by atoms with E-state index in [4.69, 9.17) is 4.74 Å². The monoisotopic (exact) mass is 158 g/mol. The standard InChI is InChI=1S/C6H10N2O3/c1-4(9)7-8-5(10)3-6(8)11-2/h6H,3H2,1-2H3,(H,7,9)/t6-/m0/s1. The first-order valence-electron chi connectivity index (χ1n) is 3.27. The van der Waals surface area contributed by atoms with Gasteiger partial charge in [0.2, 0.25) is 11.8 Å². The summed E-state index contributed by atoms with van der Waals surface area (Å²) >= 11 is 0. The summed E-state index contributed by atoms with van der Waals surface area (Å²) in [4.78, 5) is 21.3. The van der Waals surface area contributed by atoms with Crippen molar-refractivity contribution in [2.75, 3.05) is 7.11 Å². The van der Waals surface area contributed by atoms with Crippen LogP contribution in [0.2, 0.25) is 0 Å². The van der Waals surface area contributed by atoms with Gasteiger partial charge in [0, 0.05) is 14.0 Å². The Labute approximate surface area is 64.3 Å². The van der Waals surface area contributed by atoms with Crippen LogP contribution in [0.25, 0.3) is 0 Å². The first kappa shape index (κ1) is 8.00. The van der Waals surface area contributed by atoms with E-state index in [0.717, 1.165) is 0 Å². The molecule has 11 heavy (non-hydrogen) atoms. The Morgan fingerprint density at radius 2 is 2.45 bits per heavy atom. The maximum atomic E-state index is 10.8. The van der Waals surface area contributed by atoms with Crippen LogP contribution < -0.4 is 5.43 Å². The molecule has 0 radical (unpaired) electrons. The number of hydrogen-bond donors (Lipinski definition) is 1. The summed E-state index contributed by atoms with van der Waals surface area (Å²) in [7, 11) is 1.49. The minimum Gasteiger partial charge on any atom is -0.359 e. The van der Waals surface area contributed by atoms with Crippen LogP contribution in [-0.4, -0.2) is 30.2 Å². The molecule has 1 saturated heterocycles. The number of nitrogens with one attached hydrogen (secondary N) is 1. The fraction of sp³-hybridized carbons (Fsp3) is 0.667. The highest BCUT2D eigenvalue weighted by Crippen LogP contribution is 2.15. The Bertz CT molecular complexity index is 192. The molecule has 1 atom stereocenters. The van der Waals surface area contributed by atoms with Gasteiger partial charge in [-0.05, 0) is 0 Å². The third-order valence-electron chi connectivity index (χ3n) is 1.46. The molecular formula is C6H10N2O3. The van der Waals surface area contributed by atoms with E-state index in [1.54, 1.807) is 0 Å². The van der Waals surface area contributed by atoms with Crippen LogP contribution in [0.15, 0.2) is 0 Å². The van der Waals surface area contributed by atoms with Crippen LogP contribution in [-0.2, 0) is 14.3 Å². The average molecular weight is 158 g/mol. The van der Waals surface area contributed by atoms with Gasteiger partial charge in [0.05, 0.1) is 6.42 Å². The first-order valence-corrected chi connectivity index (χ1v) is 3.27. The van der Waals surface area contributed by atoms with Gasteiger partial charge < -0.3 is 4.74 Å². The summed E-state index contributed by atoms with van der Waals surface area (Å²) in [5.74, 6) is -0.382. The largest absolute Gasteiger partial charge is 0.359 e. The zero-order valence-electron chi connectivity index (χ0n) is 6.46. The lowest BCUT2D eigenvalue weighted by molar-refractivity contribution is -0.181. The highest BCUT2D eigenvalue weighted by atomic mass is 16.5. The lowest BCUT2D eigenvalue weighted by Crippen LogP contribution is -2.61. The van der Waals surface area contributed by atoms with Crippen molar-refractivity contribution < 1.29 is 14.3 Å². The third-order valence-corrected chi connectivity index (χ3v) is 1.46. The third kappa shape index (κ3) is 1.48. The van der Waals surface area contributed by atoms with Gasteiger partial charge in [-0.1, -0.05) is 0 Å². The second-order valence-electron chi connectivity index (χ2n) is 2.33. The average Bonchev–Trinajstić information content (AvgIpc) is 1.95. The van der Waals surface area contributed by atoms with Crippen molar-refractivity contribution in [3.63, 3.8) is 0 Å². The number of carbonyl (C=O) groups excluding carboxylic acids is 2. The molecule has 0 aromatic rings. The van der Waals surface area contributed by atoms with Crippen molar-refractivity contribution in [1.82, 2.24) is 10.4 Å². The van der Waals surface area contributed by atoms with Crippen molar-refractivity contribution in [1.29, 1.82) is 0 Å². The molecule has 1 aliphatic heterocycles. The quantitative estimate of drug-likeness (QED) is 0.537. The summed E-state index contributed by atoms with van der Waals surface area (Å²) in [5.41, 5.74) is 2.35. The van der Waals surface area contributed by atoms with Crippen LogP contribution in [0.3, 0.4) is 0 Å². The SMILES string of the molecule is CO[C@H]1CC(=O)N1NC(C)=O. The van der Waals surface area contributed by atoms with Crippen LogP contribution in [0.5, 0.6) is 0 Å². The molecule has 1 N–H and O–H groups in total. The van der Waals surface area contributed by atoms with Crippen LogP contribution in [0.1, 0.15) is 13.3 Å². The summed E-state index contributed by atoms with van der Waals surface area (Å²) in [6.07, 6.45) is 0.0583. The number of hydrogen-bond acceptors (Lipinski definition) is 3. The van der Waals surface area contributed by atoms with Gasteiger partial charge in [-0.2, -0.15) is 0 Å². The van der Waals surface area contributed by atoms with E-state index in [-0.39, 0.29) is 18.0 Å². The van der Waals surface area contributed by atoms with Crippen molar-refractivity contribution in [3.05, 3.63) is 0 Å². The van der Waals surface area contributed by atoms with Gasteiger partial charge in [-0.15, -0.1) is 0 Å². The Hall–Kier alpha value is -1.10. The van der Waals surface area contributed by atoms with Gasteiger partial charge >= 0.3 is 0 Å². The maximum Gasteiger partial charge on any atom is 0.248 e. The summed E-state index contributed by atoms with van der Waals surface area (Å²) in [6.45, 7) is 1.35. The molecule has 0 aromatic carbocycles. The van der Waals surface area contributed by atoms with Gasteiger partial charge in [0.1, 0.15) is 0 Å². The topological polar surface area (TPSA) is 58.6 Å². The van der Waals surface area contributed by atoms with Crippen molar-refractivity contribution in [2.24, 2.45) is 0 Å². The van der Waals surface area contributed by atoms with Crippen molar-refractivity contribution in [2.45, 2.75) is 19.6 Å². The van der Waals surface area contributed by atoms with E-state index in [2.05, 4.69) is 5.43 Å². The lowest BCUT2D eigenvalue weighted by atomic mass is 10.2. The number of β-lactam (4-membered cyclic amide) rings is 1. The molecule has 0 unspecified atom stereocenters. The second kappa shape index (κ2) is 2.87. The number of methoxy groups -OCH3 is 1. The number of hydrazine groups is 1. The molecule has 5 nitrogen and oxygen atoms in total. The minimum atomic E-state index is -0.286. The van der Waals surface area contributed by atoms with E-state index in [1.165, 1.54) is 19.0 Å². The van der Waals surface area contributed by atoms with Crippen LogP contribution >= 0.6 is 0 Å². The fourth-order valence-electron chi connectivity index (χ4n) is 0.880. The molecule has 0 spiro atoms. The number of carbonyl (C=O) groups is 2. The number of amides is 2. The molecule has 1 heterocycles. The summed E-state index contributed by atoms with van der Waals surface area (Å²) in [6, 6.07) is 0. The molecule has 0 aliphatic carbocycles. The lowest BCUT2D eigenvalue weighted by Gasteiger charge is -2.38.